The van der Waals surface area contributed by atoms with Crippen LogP contribution >= 0.6 is 11.3 Å². The molecule has 7 aromatic rings. The van der Waals surface area contributed by atoms with Crippen molar-refractivity contribution in [3.8, 4) is 11.5 Å². The average Bonchev–Trinajstić information content (AvgIpc) is 3.62. The Labute approximate surface area is 336 Å². The third-order valence-corrected chi connectivity index (χ3v) is 10.9. The van der Waals surface area contributed by atoms with E-state index < -0.39 is 0 Å². The van der Waals surface area contributed by atoms with Crippen molar-refractivity contribution < 1.29 is 19.1 Å². The van der Waals surface area contributed by atoms with Crippen LogP contribution in [0.1, 0.15) is 41.6 Å². The maximum atomic E-state index is 13.8. The van der Waals surface area contributed by atoms with E-state index in [-0.39, 0.29) is 46.3 Å². The van der Waals surface area contributed by atoms with Gasteiger partial charge >= 0.3 is 0 Å². The smallest absolute Gasteiger partial charge is 0.269 e. The van der Waals surface area contributed by atoms with Gasteiger partial charge in [0, 0.05) is 45.5 Å². The van der Waals surface area contributed by atoms with Crippen LogP contribution in [0.2, 0.25) is 0 Å². The van der Waals surface area contributed by atoms with Crippen molar-refractivity contribution in [1.29, 1.82) is 0 Å². The van der Waals surface area contributed by atoms with Crippen LogP contribution in [0, 0.1) is 27.7 Å². The molecule has 57 heavy (non-hydrogen) atoms. The highest BCUT2D eigenvalue weighted by molar-refractivity contribution is 7.17. The Morgan fingerprint density at radius 2 is 0.667 bits per heavy atom. The highest BCUT2D eigenvalue weighted by atomic mass is 32.1. The topological polar surface area (TPSA) is 83.1 Å². The van der Waals surface area contributed by atoms with Crippen molar-refractivity contribution in [2.75, 3.05) is 33.6 Å². The molecule has 0 spiro atoms. The maximum absolute atomic E-state index is 13.8. The van der Waals surface area contributed by atoms with E-state index in [4.69, 9.17) is 9.47 Å². The van der Waals surface area contributed by atoms with Gasteiger partial charge in [0.25, 0.3) is 11.8 Å². The zero-order chi connectivity index (χ0) is 39.5. The minimum absolute atomic E-state index is 0.266. The first-order chi connectivity index (χ1) is 27.7. The van der Waals surface area contributed by atoms with Gasteiger partial charge in [-0.05, 0) is 125 Å². The van der Waals surface area contributed by atoms with Crippen LogP contribution in [-0.2, 0) is 0 Å². The van der Waals surface area contributed by atoms with Crippen LogP contribution in [0.15, 0.2) is 146 Å². The highest BCUT2D eigenvalue weighted by Crippen LogP contribution is 2.45. The molecule has 1 aliphatic heterocycles. The molecule has 2 N–H and O–H groups in total. The van der Waals surface area contributed by atoms with E-state index in [1.165, 1.54) is 22.3 Å². The number of carbonyl (C=O) groups is 2. The summed E-state index contributed by atoms with van der Waals surface area (Å²) >= 11 is 1.05. The summed E-state index contributed by atoms with van der Waals surface area (Å²) in [6, 6.07) is 48.9. The SMILES string of the molecule is Cc1ccc(N(c2ccc(C)cc2)c2ccc(NC(=O)c3sc(C(=O)Nc4ccc(N(c5ccc(C)cc5)c5ccc(C)cc5)cc4)c4c3OCCO4)cc2)cc1. The molecule has 1 aliphatic rings. The van der Waals surface area contributed by atoms with Gasteiger partial charge < -0.3 is 29.9 Å². The lowest BCUT2D eigenvalue weighted by atomic mass is 10.1. The Balaban J connectivity index is 1.00. The molecule has 0 saturated carbocycles. The molecule has 0 aliphatic carbocycles. The minimum atomic E-state index is -0.390. The van der Waals surface area contributed by atoms with Crippen LogP contribution in [0.3, 0.4) is 0 Å². The first kappa shape index (κ1) is 37.1. The van der Waals surface area contributed by atoms with E-state index in [1.807, 2.05) is 48.5 Å². The van der Waals surface area contributed by atoms with E-state index >= 15 is 0 Å². The molecule has 6 aromatic carbocycles. The van der Waals surface area contributed by atoms with Crippen molar-refractivity contribution in [2.24, 2.45) is 0 Å². The van der Waals surface area contributed by atoms with Gasteiger partial charge in [0.15, 0.2) is 11.5 Å². The van der Waals surface area contributed by atoms with Gasteiger partial charge in [0.2, 0.25) is 0 Å². The molecule has 2 amide bonds. The van der Waals surface area contributed by atoms with Gasteiger partial charge in [-0.2, -0.15) is 0 Å². The van der Waals surface area contributed by atoms with Gasteiger partial charge in [-0.25, -0.2) is 0 Å². The summed E-state index contributed by atoms with van der Waals surface area (Å²) in [5.41, 5.74) is 11.9. The number of hydrogen-bond donors (Lipinski definition) is 2. The Morgan fingerprint density at radius 3 is 0.930 bits per heavy atom. The van der Waals surface area contributed by atoms with E-state index in [9.17, 15) is 9.59 Å². The molecule has 0 atom stereocenters. The number of amides is 2. The molecule has 284 valence electrons. The monoisotopic (exact) mass is 770 g/mol. The minimum Gasteiger partial charge on any atom is -0.484 e. The van der Waals surface area contributed by atoms with Crippen LogP contribution in [0.25, 0.3) is 0 Å². The summed E-state index contributed by atoms with van der Waals surface area (Å²) in [5.74, 6) is -0.228. The van der Waals surface area contributed by atoms with Gasteiger partial charge in [-0.1, -0.05) is 70.8 Å². The zero-order valence-electron chi connectivity index (χ0n) is 32.2. The van der Waals surface area contributed by atoms with Crippen molar-refractivity contribution in [2.45, 2.75) is 27.7 Å². The fourth-order valence-electron chi connectivity index (χ4n) is 6.68. The fourth-order valence-corrected chi connectivity index (χ4v) is 7.66. The number of benzene rings is 6. The summed E-state index contributed by atoms with van der Waals surface area (Å²) in [6.07, 6.45) is 0. The number of aryl methyl sites for hydroxylation is 4. The number of rotatable bonds is 10. The molecule has 0 fully saturated rings. The molecule has 9 heteroatoms. The van der Waals surface area contributed by atoms with Crippen LogP contribution < -0.4 is 29.9 Å². The number of nitrogens with one attached hydrogen (secondary N) is 2. The molecule has 1 aromatic heterocycles. The first-order valence-electron chi connectivity index (χ1n) is 18.8. The lowest BCUT2D eigenvalue weighted by Gasteiger charge is -2.26. The second-order valence-electron chi connectivity index (χ2n) is 14.1. The summed E-state index contributed by atoms with van der Waals surface area (Å²) in [6.45, 7) is 8.82. The summed E-state index contributed by atoms with van der Waals surface area (Å²) in [5, 5.41) is 6.00. The van der Waals surface area contributed by atoms with Gasteiger partial charge in [0.1, 0.15) is 23.0 Å². The molecule has 0 bridgehead atoms. The second-order valence-corrected chi connectivity index (χ2v) is 15.2. The van der Waals surface area contributed by atoms with Crippen molar-refractivity contribution in [3.05, 3.63) is 178 Å². The summed E-state index contributed by atoms with van der Waals surface area (Å²) < 4.78 is 11.9. The largest absolute Gasteiger partial charge is 0.484 e. The van der Waals surface area contributed by atoms with Crippen LogP contribution in [0.5, 0.6) is 11.5 Å². The number of fused-ring (bicyclic) bond motifs is 1. The normalized spacial score (nSPS) is 11.8. The number of thiophene rings is 1. The number of carbonyl (C=O) groups excluding carboxylic acids is 2. The quantitative estimate of drug-likeness (QED) is 0.144. The maximum Gasteiger partial charge on any atom is 0.269 e. The Kier molecular flexibility index (Phi) is 10.5. The Morgan fingerprint density at radius 1 is 0.421 bits per heavy atom. The standard InChI is InChI=1S/C48H42N4O4S/c1-31-5-17-37(18-6-31)51(38-19-7-32(2)8-20-38)41-25-13-35(14-26-41)49-47(53)45-43-44(56-30-29-55-43)46(57-45)48(54)50-36-15-27-42(28-16-36)52(39-21-9-33(3)10-22-39)40-23-11-34(4)12-24-40/h5-28H,29-30H2,1-4H3,(H,49,53)(H,50,54). The molecule has 8 rings (SSSR count). The molecule has 0 unspecified atom stereocenters. The Hall–Kier alpha value is -6.84. The first-order valence-corrected chi connectivity index (χ1v) is 19.6. The molecule has 0 saturated heterocycles. The average molecular weight is 771 g/mol. The summed E-state index contributed by atoms with van der Waals surface area (Å²) in [4.78, 5) is 32.5. The number of hydrogen-bond acceptors (Lipinski definition) is 7. The molecule has 8 nitrogen and oxygen atoms in total. The molecular formula is C48H42N4O4S. The van der Waals surface area contributed by atoms with E-state index in [0.29, 0.717) is 11.4 Å². The van der Waals surface area contributed by atoms with Gasteiger partial charge in [-0.15, -0.1) is 11.3 Å². The van der Waals surface area contributed by atoms with Crippen LogP contribution in [0.4, 0.5) is 45.5 Å². The van der Waals surface area contributed by atoms with Crippen molar-refractivity contribution in [3.63, 3.8) is 0 Å². The molecular weight excluding hydrogens is 729 g/mol. The zero-order valence-corrected chi connectivity index (χ0v) is 33.0. The van der Waals surface area contributed by atoms with E-state index in [0.717, 1.165) is 45.5 Å². The Bertz CT molecular complexity index is 2250. The summed E-state index contributed by atoms with van der Waals surface area (Å²) in [7, 11) is 0. The number of anilines is 8. The number of ether oxygens (including phenoxy) is 2. The molecule has 0 radical (unpaired) electrons. The van der Waals surface area contributed by atoms with Gasteiger partial charge in [-0.3, -0.25) is 9.59 Å². The lowest BCUT2D eigenvalue weighted by molar-refractivity contribution is 0.100. The lowest BCUT2D eigenvalue weighted by Crippen LogP contribution is -2.19. The predicted molar refractivity (Wildman–Crippen MR) is 232 cm³/mol. The van der Waals surface area contributed by atoms with E-state index in [1.54, 1.807) is 0 Å². The fraction of sp³-hybridized carbons (Fsp3) is 0.125. The molecule has 2 heterocycles. The third-order valence-electron chi connectivity index (χ3n) is 9.75. The second kappa shape index (κ2) is 16.1. The highest BCUT2D eigenvalue weighted by Gasteiger charge is 2.32. The van der Waals surface area contributed by atoms with E-state index in [2.05, 4.69) is 145 Å². The van der Waals surface area contributed by atoms with Crippen molar-refractivity contribution >= 4 is 68.7 Å². The van der Waals surface area contributed by atoms with Gasteiger partial charge in [0.05, 0.1) is 0 Å². The number of nitrogens with zero attached hydrogens (tertiary/aromatic N) is 2. The van der Waals surface area contributed by atoms with Crippen molar-refractivity contribution in [1.82, 2.24) is 0 Å². The van der Waals surface area contributed by atoms with Crippen LogP contribution in [-0.4, -0.2) is 25.0 Å². The predicted octanol–water partition coefficient (Wildman–Crippen LogP) is 12.2. The third kappa shape index (κ3) is 8.10.